The lowest BCUT2D eigenvalue weighted by atomic mass is 10.1. The van der Waals surface area contributed by atoms with Gasteiger partial charge < -0.3 is 19.3 Å². The fourth-order valence-corrected chi connectivity index (χ4v) is 3.37. The van der Waals surface area contributed by atoms with Crippen molar-refractivity contribution in [3.8, 4) is 5.75 Å². The number of benzene rings is 1. The first-order valence-electron chi connectivity index (χ1n) is 8.22. The van der Waals surface area contributed by atoms with E-state index in [9.17, 15) is 24.6 Å². The molecule has 8 heteroatoms. The van der Waals surface area contributed by atoms with E-state index in [0.717, 1.165) is 0 Å². The van der Waals surface area contributed by atoms with Crippen molar-refractivity contribution in [3.63, 3.8) is 0 Å². The number of nitrogens with zero attached hydrogens (tertiary/aromatic N) is 2. The Kier molecular flexibility index (Phi) is 4.80. The first kappa shape index (κ1) is 18.7. The fraction of sp³-hybridized carbons (Fsp3) is 0.211. The number of carbonyl (C=O) groups excluding carboxylic acids is 1. The summed E-state index contributed by atoms with van der Waals surface area (Å²) in [5.41, 5.74) is 0.238. The second-order valence-electron chi connectivity index (χ2n) is 6.14. The molecule has 27 heavy (non-hydrogen) atoms. The molecule has 1 aromatic carbocycles. The summed E-state index contributed by atoms with van der Waals surface area (Å²) in [4.78, 5) is 37.0. The Morgan fingerprint density at radius 3 is 2.52 bits per heavy atom. The third kappa shape index (κ3) is 3.10. The van der Waals surface area contributed by atoms with Crippen LogP contribution in [0.3, 0.4) is 0 Å². The van der Waals surface area contributed by atoms with Crippen LogP contribution in [-0.4, -0.2) is 31.1 Å². The molecule has 7 nitrogen and oxygen atoms in total. The van der Waals surface area contributed by atoms with Crippen LogP contribution in [0.4, 0.5) is 0 Å². The summed E-state index contributed by atoms with van der Waals surface area (Å²) in [5, 5.41) is 19.9. The minimum Gasteiger partial charge on any atom is -0.505 e. The summed E-state index contributed by atoms with van der Waals surface area (Å²) >= 11 is 5.92. The Morgan fingerprint density at radius 2 is 1.93 bits per heavy atom. The monoisotopic (exact) mass is 388 g/mol. The number of hydrogen-bond donors (Lipinski definition) is 2. The van der Waals surface area contributed by atoms with Crippen molar-refractivity contribution in [2.75, 3.05) is 0 Å². The number of hydrogen-bond acceptors (Lipinski definition) is 4. The van der Waals surface area contributed by atoms with Crippen LogP contribution in [0.2, 0.25) is 5.02 Å². The number of fused-ring (bicyclic) bond motifs is 1. The topological polar surface area (TPSA) is 102 Å². The lowest BCUT2D eigenvalue weighted by molar-refractivity contribution is 0.0683. The first-order valence-corrected chi connectivity index (χ1v) is 8.60. The number of carbonyl (C=O) groups is 2. The van der Waals surface area contributed by atoms with Crippen molar-refractivity contribution < 1.29 is 19.8 Å². The smallest absolute Gasteiger partial charge is 0.356 e. The largest absolute Gasteiger partial charge is 0.505 e. The van der Waals surface area contributed by atoms with Crippen LogP contribution in [0.5, 0.6) is 5.75 Å². The number of aromatic nitrogens is 2. The average Bonchev–Trinajstić information content (AvgIpc) is 2.87. The molecule has 2 aromatic heterocycles. The molecule has 0 saturated carbocycles. The summed E-state index contributed by atoms with van der Waals surface area (Å²) in [6.07, 6.45) is 0.447. The van der Waals surface area contributed by atoms with E-state index in [0.29, 0.717) is 28.2 Å². The molecule has 0 fully saturated rings. The van der Waals surface area contributed by atoms with Gasteiger partial charge in [0.05, 0.1) is 12.1 Å². The number of aryl methyl sites for hydroxylation is 2. The highest BCUT2D eigenvalue weighted by molar-refractivity contribution is 6.31. The third-order valence-electron chi connectivity index (χ3n) is 4.54. The first-order chi connectivity index (χ1) is 12.8. The van der Waals surface area contributed by atoms with Gasteiger partial charge in [-0.3, -0.25) is 9.59 Å². The Labute approximate surface area is 159 Å². The van der Waals surface area contributed by atoms with Gasteiger partial charge in [0.25, 0.3) is 5.56 Å². The molecule has 3 rings (SSSR count). The zero-order valence-electron chi connectivity index (χ0n) is 14.7. The van der Waals surface area contributed by atoms with E-state index in [1.165, 1.54) is 22.2 Å². The minimum atomic E-state index is -1.34. The Morgan fingerprint density at radius 1 is 1.22 bits per heavy atom. The van der Waals surface area contributed by atoms with E-state index in [-0.39, 0.29) is 23.4 Å². The maximum absolute atomic E-state index is 13.0. The lowest BCUT2D eigenvalue weighted by Crippen LogP contribution is -2.27. The van der Waals surface area contributed by atoms with Crippen LogP contribution < -0.4 is 5.56 Å². The molecule has 0 radical (unpaired) electrons. The van der Waals surface area contributed by atoms with Crippen molar-refractivity contribution in [1.82, 2.24) is 9.13 Å². The van der Waals surface area contributed by atoms with E-state index in [4.69, 9.17) is 11.6 Å². The van der Waals surface area contributed by atoms with E-state index < -0.39 is 17.3 Å². The summed E-state index contributed by atoms with van der Waals surface area (Å²) < 4.78 is 2.52. The number of aromatic carboxylic acids is 1. The van der Waals surface area contributed by atoms with Crippen LogP contribution in [0.25, 0.3) is 10.9 Å². The van der Waals surface area contributed by atoms with Crippen LogP contribution >= 0.6 is 11.6 Å². The van der Waals surface area contributed by atoms with Gasteiger partial charge in [0.2, 0.25) is 0 Å². The van der Waals surface area contributed by atoms with Crippen molar-refractivity contribution in [3.05, 3.63) is 62.7 Å². The molecule has 0 aliphatic carbocycles. The normalized spacial score (nSPS) is 11.1. The van der Waals surface area contributed by atoms with Gasteiger partial charge in [0, 0.05) is 23.3 Å². The van der Waals surface area contributed by atoms with Gasteiger partial charge in [-0.2, -0.15) is 0 Å². The molecule has 0 atom stereocenters. The Hall–Kier alpha value is -3.06. The second kappa shape index (κ2) is 6.92. The quantitative estimate of drug-likeness (QED) is 0.654. The summed E-state index contributed by atoms with van der Waals surface area (Å²) in [5.74, 6) is -2.26. The van der Waals surface area contributed by atoms with Gasteiger partial charge in [0.15, 0.2) is 17.2 Å². The van der Waals surface area contributed by atoms with E-state index in [1.807, 2.05) is 6.92 Å². The maximum Gasteiger partial charge on any atom is 0.356 e. The predicted octanol–water partition coefficient (Wildman–Crippen LogP) is 2.84. The second-order valence-corrected chi connectivity index (χ2v) is 6.57. The molecule has 0 aliphatic rings. The number of halogens is 1. The van der Waals surface area contributed by atoms with E-state index in [1.54, 1.807) is 24.3 Å². The number of pyridine rings is 1. The van der Waals surface area contributed by atoms with Crippen LogP contribution in [0.15, 0.2) is 35.1 Å². The van der Waals surface area contributed by atoms with Crippen LogP contribution in [-0.2, 0) is 20.0 Å². The molecular weight excluding hydrogens is 372 g/mol. The molecule has 0 unspecified atom stereocenters. The highest BCUT2D eigenvalue weighted by Crippen LogP contribution is 2.29. The molecule has 0 aliphatic heterocycles. The predicted molar refractivity (Wildman–Crippen MR) is 101 cm³/mol. The lowest BCUT2D eigenvalue weighted by Gasteiger charge is -2.12. The van der Waals surface area contributed by atoms with Crippen molar-refractivity contribution in [2.24, 2.45) is 7.05 Å². The number of carboxylic acid groups (broad SMARTS) is 1. The Bertz CT molecular complexity index is 1140. The zero-order valence-corrected chi connectivity index (χ0v) is 15.4. The molecule has 3 aromatic rings. The fourth-order valence-electron chi connectivity index (χ4n) is 3.18. The van der Waals surface area contributed by atoms with Gasteiger partial charge in [-0.15, -0.1) is 0 Å². The van der Waals surface area contributed by atoms with Gasteiger partial charge in [-0.25, -0.2) is 4.79 Å². The number of aromatic hydroxyl groups is 1. The molecule has 0 saturated heterocycles. The van der Waals surface area contributed by atoms with Gasteiger partial charge in [-0.05, 0) is 24.6 Å². The van der Waals surface area contributed by atoms with Gasteiger partial charge >= 0.3 is 5.97 Å². The molecule has 140 valence electrons. The van der Waals surface area contributed by atoms with Crippen molar-refractivity contribution in [1.29, 1.82) is 0 Å². The zero-order chi connectivity index (χ0) is 19.9. The van der Waals surface area contributed by atoms with Crippen LogP contribution in [0, 0.1) is 0 Å². The summed E-state index contributed by atoms with van der Waals surface area (Å²) in [6, 6.07) is 8.02. The molecule has 2 heterocycles. The van der Waals surface area contributed by atoms with Crippen molar-refractivity contribution >= 4 is 34.3 Å². The van der Waals surface area contributed by atoms with Gasteiger partial charge in [0.1, 0.15) is 5.39 Å². The Balaban J connectivity index is 2.20. The number of ketones is 1. The minimum absolute atomic E-state index is 0.119. The van der Waals surface area contributed by atoms with Crippen LogP contribution in [0.1, 0.15) is 33.5 Å². The number of Topliss-reactive ketones (excluding diaryl/α,β-unsaturated/α-hetero) is 1. The summed E-state index contributed by atoms with van der Waals surface area (Å²) in [6.45, 7) is 1.58. The SMILES string of the molecule is CCc1cc2c(c(O)c(C(=O)O)n2C)c(=O)n1CC(=O)c1cccc(Cl)c1. The maximum atomic E-state index is 13.0. The molecule has 0 spiro atoms. The van der Waals surface area contributed by atoms with E-state index in [2.05, 4.69) is 0 Å². The summed E-state index contributed by atoms with van der Waals surface area (Å²) in [7, 11) is 1.46. The standard InChI is InChI=1S/C19H17ClN2O5/c1-3-12-8-13-15(17(24)16(19(26)27)21(13)2)18(25)22(12)9-14(23)10-5-4-6-11(20)7-10/h4-8,24H,3,9H2,1-2H3,(H,26,27). The van der Waals surface area contributed by atoms with Crippen molar-refractivity contribution in [2.45, 2.75) is 19.9 Å². The number of carboxylic acids is 1. The van der Waals surface area contributed by atoms with Gasteiger partial charge in [-0.1, -0.05) is 30.7 Å². The number of rotatable bonds is 5. The highest BCUT2D eigenvalue weighted by Gasteiger charge is 2.25. The highest BCUT2D eigenvalue weighted by atomic mass is 35.5. The molecule has 2 N–H and O–H groups in total. The molecule has 0 amide bonds. The molecular formula is C19H17ClN2O5. The average molecular weight is 389 g/mol. The molecule has 0 bridgehead atoms. The third-order valence-corrected chi connectivity index (χ3v) is 4.77. The van der Waals surface area contributed by atoms with E-state index >= 15 is 0 Å².